The molecule has 0 spiro atoms. The Morgan fingerprint density at radius 1 is 1.41 bits per heavy atom. The smallest absolute Gasteiger partial charge is 0.402 e. The standard InChI is InChI=1S/C13H18BNO2/c1-9-13(2,3)17-14(16-9)11-4-5-12-10(8-11)6-7-15-12/h4-5,8-9,15H,6-7H2,1-3H3. The van der Waals surface area contributed by atoms with Gasteiger partial charge in [-0.25, -0.2) is 0 Å². The van der Waals surface area contributed by atoms with Gasteiger partial charge in [-0.15, -0.1) is 0 Å². The number of benzene rings is 1. The van der Waals surface area contributed by atoms with Crippen molar-refractivity contribution in [3.8, 4) is 0 Å². The average Bonchev–Trinajstić information content (AvgIpc) is 2.83. The van der Waals surface area contributed by atoms with E-state index < -0.39 is 0 Å². The second-order valence-electron chi connectivity index (χ2n) is 5.42. The quantitative estimate of drug-likeness (QED) is 0.744. The monoisotopic (exact) mass is 231 g/mol. The van der Waals surface area contributed by atoms with Crippen LogP contribution >= 0.6 is 0 Å². The van der Waals surface area contributed by atoms with E-state index in [1.807, 2.05) is 0 Å². The molecule has 0 radical (unpaired) electrons. The van der Waals surface area contributed by atoms with Crippen molar-refractivity contribution < 1.29 is 9.31 Å². The molecule has 1 N–H and O–H groups in total. The fourth-order valence-electron chi connectivity index (χ4n) is 2.37. The van der Waals surface area contributed by atoms with Crippen LogP contribution in [0, 0.1) is 0 Å². The topological polar surface area (TPSA) is 30.5 Å². The van der Waals surface area contributed by atoms with Gasteiger partial charge in [0.1, 0.15) is 0 Å². The van der Waals surface area contributed by atoms with Crippen molar-refractivity contribution in [2.24, 2.45) is 0 Å². The number of rotatable bonds is 1. The average molecular weight is 231 g/mol. The van der Waals surface area contributed by atoms with Crippen molar-refractivity contribution in [2.75, 3.05) is 11.9 Å². The Balaban J connectivity index is 1.86. The third-order valence-electron chi connectivity index (χ3n) is 3.83. The highest BCUT2D eigenvalue weighted by Crippen LogP contribution is 2.28. The van der Waals surface area contributed by atoms with E-state index in [4.69, 9.17) is 9.31 Å². The van der Waals surface area contributed by atoms with Gasteiger partial charge >= 0.3 is 7.12 Å². The largest absolute Gasteiger partial charge is 0.494 e. The second-order valence-corrected chi connectivity index (χ2v) is 5.42. The summed E-state index contributed by atoms with van der Waals surface area (Å²) in [5, 5.41) is 3.36. The molecule has 0 saturated carbocycles. The van der Waals surface area contributed by atoms with Gasteiger partial charge in [-0.05, 0) is 44.3 Å². The lowest BCUT2D eigenvalue weighted by atomic mass is 9.78. The summed E-state index contributed by atoms with van der Waals surface area (Å²) in [6.45, 7) is 7.25. The van der Waals surface area contributed by atoms with E-state index in [0.29, 0.717) is 0 Å². The number of hydrogen-bond donors (Lipinski definition) is 1. The highest BCUT2D eigenvalue weighted by Gasteiger charge is 2.43. The van der Waals surface area contributed by atoms with Gasteiger partial charge in [-0.2, -0.15) is 0 Å². The van der Waals surface area contributed by atoms with Gasteiger partial charge in [-0.3, -0.25) is 0 Å². The SMILES string of the molecule is CC1OB(c2ccc3c(c2)CCN3)OC1(C)C. The molecule has 1 aromatic carbocycles. The Bertz CT molecular complexity index is 447. The molecule has 0 aliphatic carbocycles. The van der Waals surface area contributed by atoms with E-state index in [9.17, 15) is 0 Å². The molecule has 0 bridgehead atoms. The Morgan fingerprint density at radius 3 is 2.94 bits per heavy atom. The number of hydrogen-bond acceptors (Lipinski definition) is 3. The molecule has 1 saturated heterocycles. The lowest BCUT2D eigenvalue weighted by Crippen LogP contribution is -2.34. The Hall–Kier alpha value is -0.995. The maximum Gasteiger partial charge on any atom is 0.494 e. The van der Waals surface area contributed by atoms with Crippen LogP contribution in [-0.4, -0.2) is 25.4 Å². The molecule has 2 heterocycles. The fraction of sp³-hybridized carbons (Fsp3) is 0.538. The van der Waals surface area contributed by atoms with Gasteiger partial charge in [-0.1, -0.05) is 12.1 Å². The maximum absolute atomic E-state index is 5.96. The van der Waals surface area contributed by atoms with E-state index in [2.05, 4.69) is 44.3 Å². The summed E-state index contributed by atoms with van der Waals surface area (Å²) in [5.41, 5.74) is 3.54. The van der Waals surface area contributed by atoms with Gasteiger partial charge in [0.25, 0.3) is 0 Å². The van der Waals surface area contributed by atoms with Crippen LogP contribution in [0.4, 0.5) is 5.69 Å². The molecular weight excluding hydrogens is 213 g/mol. The summed E-state index contributed by atoms with van der Waals surface area (Å²) in [4.78, 5) is 0. The molecular formula is C13H18BNO2. The molecule has 1 fully saturated rings. The molecule has 17 heavy (non-hydrogen) atoms. The van der Waals surface area contributed by atoms with E-state index >= 15 is 0 Å². The van der Waals surface area contributed by atoms with Crippen LogP contribution < -0.4 is 10.8 Å². The number of nitrogens with one attached hydrogen (secondary N) is 1. The molecule has 3 nitrogen and oxygen atoms in total. The first-order chi connectivity index (χ1) is 8.06. The number of anilines is 1. The highest BCUT2D eigenvalue weighted by molar-refractivity contribution is 6.62. The summed E-state index contributed by atoms with van der Waals surface area (Å²) in [6, 6.07) is 6.42. The Morgan fingerprint density at radius 2 is 2.24 bits per heavy atom. The van der Waals surface area contributed by atoms with E-state index in [-0.39, 0.29) is 18.8 Å². The van der Waals surface area contributed by atoms with Crippen LogP contribution in [0.15, 0.2) is 18.2 Å². The van der Waals surface area contributed by atoms with Crippen LogP contribution in [-0.2, 0) is 15.7 Å². The molecule has 1 atom stereocenters. The van der Waals surface area contributed by atoms with E-state index in [1.54, 1.807) is 0 Å². The lowest BCUT2D eigenvalue weighted by Gasteiger charge is -2.21. The normalized spacial score (nSPS) is 25.8. The third kappa shape index (κ3) is 1.85. The molecule has 90 valence electrons. The third-order valence-corrected chi connectivity index (χ3v) is 3.83. The van der Waals surface area contributed by atoms with Crippen molar-refractivity contribution >= 4 is 18.3 Å². The molecule has 1 aromatic rings. The predicted molar refractivity (Wildman–Crippen MR) is 69.7 cm³/mol. The van der Waals surface area contributed by atoms with Crippen LogP contribution in [0.3, 0.4) is 0 Å². The number of fused-ring (bicyclic) bond motifs is 1. The van der Waals surface area contributed by atoms with Crippen molar-refractivity contribution in [1.29, 1.82) is 0 Å². The van der Waals surface area contributed by atoms with Crippen molar-refractivity contribution in [1.82, 2.24) is 0 Å². The minimum atomic E-state index is -0.217. The maximum atomic E-state index is 5.96. The summed E-state index contributed by atoms with van der Waals surface area (Å²) >= 11 is 0. The fourth-order valence-corrected chi connectivity index (χ4v) is 2.37. The Labute approximate surface area is 103 Å². The highest BCUT2D eigenvalue weighted by atomic mass is 16.7. The molecule has 2 aliphatic rings. The molecule has 0 aromatic heterocycles. The van der Waals surface area contributed by atoms with Gasteiger partial charge in [0, 0.05) is 12.2 Å². The van der Waals surface area contributed by atoms with Gasteiger partial charge in [0.15, 0.2) is 0 Å². The van der Waals surface area contributed by atoms with Crippen LogP contribution in [0.5, 0.6) is 0 Å². The first kappa shape index (κ1) is 11.1. The van der Waals surface area contributed by atoms with Crippen LogP contribution in [0.1, 0.15) is 26.3 Å². The van der Waals surface area contributed by atoms with Gasteiger partial charge in [0.2, 0.25) is 0 Å². The zero-order chi connectivity index (χ0) is 12.0. The predicted octanol–water partition coefficient (Wildman–Crippen LogP) is 1.56. The van der Waals surface area contributed by atoms with Gasteiger partial charge < -0.3 is 14.6 Å². The Kier molecular flexibility index (Phi) is 2.45. The zero-order valence-electron chi connectivity index (χ0n) is 10.6. The first-order valence-corrected chi connectivity index (χ1v) is 6.26. The minimum absolute atomic E-state index is 0.124. The van der Waals surface area contributed by atoms with E-state index in [1.165, 1.54) is 11.3 Å². The lowest BCUT2D eigenvalue weighted by molar-refractivity contribution is 0.0842. The minimum Gasteiger partial charge on any atom is -0.402 e. The van der Waals surface area contributed by atoms with Crippen LogP contribution in [0.2, 0.25) is 0 Å². The second kappa shape index (κ2) is 3.75. The first-order valence-electron chi connectivity index (χ1n) is 6.26. The molecule has 4 heteroatoms. The summed E-state index contributed by atoms with van der Waals surface area (Å²) < 4.78 is 11.8. The van der Waals surface area contributed by atoms with E-state index in [0.717, 1.165) is 18.4 Å². The van der Waals surface area contributed by atoms with Crippen molar-refractivity contribution in [2.45, 2.75) is 38.9 Å². The summed E-state index contributed by atoms with van der Waals surface area (Å²) in [6.07, 6.45) is 1.22. The molecule has 0 amide bonds. The molecule has 2 aliphatic heterocycles. The van der Waals surface area contributed by atoms with Crippen molar-refractivity contribution in [3.05, 3.63) is 23.8 Å². The van der Waals surface area contributed by atoms with Crippen molar-refractivity contribution in [3.63, 3.8) is 0 Å². The van der Waals surface area contributed by atoms with Crippen LogP contribution in [0.25, 0.3) is 0 Å². The van der Waals surface area contributed by atoms with Gasteiger partial charge in [0.05, 0.1) is 11.7 Å². The molecule has 3 rings (SSSR count). The summed E-state index contributed by atoms with van der Waals surface area (Å²) in [7, 11) is -0.217. The molecule has 1 unspecified atom stereocenters. The summed E-state index contributed by atoms with van der Waals surface area (Å²) in [5.74, 6) is 0. The zero-order valence-corrected chi connectivity index (χ0v) is 10.6.